The minimum Gasteiger partial charge on any atom is -0.399 e. The van der Waals surface area contributed by atoms with E-state index in [0.29, 0.717) is 24.3 Å². The van der Waals surface area contributed by atoms with E-state index in [-0.39, 0.29) is 4.90 Å². The molecule has 1 aromatic carbocycles. The molecule has 3 rings (SSSR count). The van der Waals surface area contributed by atoms with Crippen LogP contribution >= 0.6 is 0 Å². The highest BCUT2D eigenvalue weighted by molar-refractivity contribution is 7.92. The van der Waals surface area contributed by atoms with E-state index >= 15 is 0 Å². The monoisotopic (exact) mass is 293 g/mol. The lowest BCUT2D eigenvalue weighted by atomic mass is 10.1. The molecule has 5 nitrogen and oxygen atoms in total. The molecule has 0 fully saturated rings. The number of sulfonamides is 1. The van der Waals surface area contributed by atoms with Gasteiger partial charge in [0.25, 0.3) is 10.0 Å². The van der Waals surface area contributed by atoms with Crippen LogP contribution in [0.2, 0.25) is 0 Å². The van der Waals surface area contributed by atoms with Crippen molar-refractivity contribution < 1.29 is 12.8 Å². The van der Waals surface area contributed by atoms with Gasteiger partial charge in [-0.3, -0.25) is 9.29 Å². The van der Waals surface area contributed by atoms with Gasteiger partial charge in [0.15, 0.2) is 0 Å². The third-order valence-corrected chi connectivity index (χ3v) is 5.01. The molecule has 0 bridgehead atoms. The quantitative estimate of drug-likeness (QED) is 0.852. The molecule has 2 N–H and O–H groups in total. The molecule has 7 heteroatoms. The minimum atomic E-state index is -3.82. The minimum absolute atomic E-state index is 0.159. The smallest absolute Gasteiger partial charge is 0.265 e. The molecule has 0 spiro atoms. The standard InChI is InChI=1S/C13H12FN3O2S/c14-10-5-12(8-16-7-10)20(18,19)17-4-3-9-1-2-11(15)6-13(9)17/h1-2,5-8H,3-4,15H2. The predicted molar refractivity (Wildman–Crippen MR) is 73.3 cm³/mol. The fourth-order valence-electron chi connectivity index (χ4n) is 2.28. The van der Waals surface area contributed by atoms with E-state index in [1.165, 1.54) is 4.31 Å². The summed E-state index contributed by atoms with van der Waals surface area (Å²) in [7, 11) is -3.82. The second-order valence-corrected chi connectivity index (χ2v) is 6.42. The maximum absolute atomic E-state index is 13.2. The molecule has 1 aromatic heterocycles. The number of nitrogen functional groups attached to an aromatic ring is 1. The van der Waals surface area contributed by atoms with E-state index in [4.69, 9.17) is 5.73 Å². The molecule has 1 aliphatic rings. The Balaban J connectivity index is 2.09. The molecule has 0 radical (unpaired) electrons. The van der Waals surface area contributed by atoms with Crippen molar-refractivity contribution in [3.05, 3.63) is 48.0 Å². The summed E-state index contributed by atoms with van der Waals surface area (Å²) in [5.74, 6) is -0.682. The Morgan fingerprint density at radius 2 is 2.05 bits per heavy atom. The Labute approximate surface area is 115 Å². The molecular formula is C13H12FN3O2S. The number of hydrogen-bond acceptors (Lipinski definition) is 4. The highest BCUT2D eigenvalue weighted by atomic mass is 32.2. The Kier molecular flexibility index (Phi) is 2.86. The second kappa shape index (κ2) is 4.45. The summed E-state index contributed by atoms with van der Waals surface area (Å²) in [6.45, 7) is 0.317. The number of benzene rings is 1. The average molecular weight is 293 g/mol. The van der Waals surface area contributed by atoms with Crippen molar-refractivity contribution >= 4 is 21.4 Å². The van der Waals surface area contributed by atoms with Crippen LogP contribution in [0.15, 0.2) is 41.6 Å². The molecule has 0 atom stereocenters. The molecule has 0 saturated carbocycles. The van der Waals surface area contributed by atoms with Gasteiger partial charge in [-0.05, 0) is 30.2 Å². The van der Waals surface area contributed by atoms with E-state index in [9.17, 15) is 12.8 Å². The van der Waals surface area contributed by atoms with Gasteiger partial charge in [0.2, 0.25) is 0 Å². The maximum Gasteiger partial charge on any atom is 0.265 e. The lowest BCUT2D eigenvalue weighted by molar-refractivity contribution is 0.585. The molecule has 0 saturated heterocycles. The molecule has 104 valence electrons. The third-order valence-electron chi connectivity index (χ3n) is 3.23. The lowest BCUT2D eigenvalue weighted by Gasteiger charge is -2.19. The first-order valence-electron chi connectivity index (χ1n) is 6.00. The van der Waals surface area contributed by atoms with Gasteiger partial charge in [0, 0.05) is 18.4 Å². The first-order chi connectivity index (χ1) is 9.48. The van der Waals surface area contributed by atoms with Crippen molar-refractivity contribution in [1.82, 2.24) is 4.98 Å². The van der Waals surface area contributed by atoms with Crippen molar-refractivity contribution in [1.29, 1.82) is 0 Å². The van der Waals surface area contributed by atoms with Crippen LogP contribution in [-0.4, -0.2) is 19.9 Å². The fourth-order valence-corrected chi connectivity index (χ4v) is 3.75. The van der Waals surface area contributed by atoms with Gasteiger partial charge >= 0.3 is 0 Å². The van der Waals surface area contributed by atoms with Gasteiger partial charge < -0.3 is 5.73 Å². The molecule has 0 unspecified atom stereocenters. The molecule has 0 aliphatic carbocycles. The molecular weight excluding hydrogens is 281 g/mol. The highest BCUT2D eigenvalue weighted by Crippen LogP contribution is 2.34. The van der Waals surface area contributed by atoms with Gasteiger partial charge in [-0.15, -0.1) is 0 Å². The van der Waals surface area contributed by atoms with E-state index in [2.05, 4.69) is 4.98 Å². The summed E-state index contributed by atoms with van der Waals surface area (Å²) in [6, 6.07) is 6.13. The largest absolute Gasteiger partial charge is 0.399 e. The number of anilines is 2. The Hall–Kier alpha value is -2.15. The molecule has 1 aliphatic heterocycles. The summed E-state index contributed by atoms with van der Waals surface area (Å²) in [5, 5.41) is 0. The highest BCUT2D eigenvalue weighted by Gasteiger charge is 2.31. The number of rotatable bonds is 2. The second-order valence-electron chi connectivity index (χ2n) is 4.55. The number of fused-ring (bicyclic) bond motifs is 1. The van der Waals surface area contributed by atoms with Gasteiger partial charge in [-0.1, -0.05) is 6.07 Å². The third kappa shape index (κ3) is 2.00. The summed E-state index contributed by atoms with van der Waals surface area (Å²) >= 11 is 0. The molecule has 2 aromatic rings. The van der Waals surface area contributed by atoms with E-state index in [1.54, 1.807) is 12.1 Å². The molecule has 2 heterocycles. The van der Waals surface area contributed by atoms with Crippen LogP contribution in [0.5, 0.6) is 0 Å². The summed E-state index contributed by atoms with van der Waals surface area (Å²) in [6.07, 6.45) is 2.72. The Bertz CT molecular complexity index is 777. The van der Waals surface area contributed by atoms with Crippen LogP contribution in [0.4, 0.5) is 15.8 Å². The van der Waals surface area contributed by atoms with Crippen molar-refractivity contribution in [2.24, 2.45) is 0 Å². The van der Waals surface area contributed by atoms with Crippen LogP contribution in [-0.2, 0) is 16.4 Å². The Morgan fingerprint density at radius 1 is 1.25 bits per heavy atom. The van der Waals surface area contributed by atoms with E-state index in [0.717, 1.165) is 24.0 Å². The number of nitrogens with two attached hydrogens (primary N) is 1. The normalized spacial score (nSPS) is 14.3. The zero-order valence-corrected chi connectivity index (χ0v) is 11.3. The first kappa shape index (κ1) is 12.9. The zero-order chi connectivity index (χ0) is 14.3. The zero-order valence-electron chi connectivity index (χ0n) is 10.5. The van der Waals surface area contributed by atoms with Crippen molar-refractivity contribution in [3.63, 3.8) is 0 Å². The van der Waals surface area contributed by atoms with E-state index < -0.39 is 15.8 Å². The van der Waals surface area contributed by atoms with Crippen LogP contribution in [0.3, 0.4) is 0 Å². The van der Waals surface area contributed by atoms with Gasteiger partial charge in [-0.2, -0.15) is 0 Å². The molecule has 0 amide bonds. The van der Waals surface area contributed by atoms with Crippen LogP contribution in [0, 0.1) is 5.82 Å². The number of halogens is 1. The Morgan fingerprint density at radius 3 is 2.80 bits per heavy atom. The van der Waals surface area contributed by atoms with Crippen molar-refractivity contribution in [2.45, 2.75) is 11.3 Å². The molecule has 20 heavy (non-hydrogen) atoms. The maximum atomic E-state index is 13.2. The van der Waals surface area contributed by atoms with Gasteiger partial charge in [-0.25, -0.2) is 12.8 Å². The van der Waals surface area contributed by atoms with E-state index in [1.807, 2.05) is 6.07 Å². The van der Waals surface area contributed by atoms with Crippen LogP contribution < -0.4 is 10.0 Å². The number of aromatic nitrogens is 1. The average Bonchev–Trinajstić information content (AvgIpc) is 2.82. The number of hydrogen-bond donors (Lipinski definition) is 1. The van der Waals surface area contributed by atoms with Gasteiger partial charge in [0.1, 0.15) is 10.7 Å². The summed E-state index contributed by atoms with van der Waals surface area (Å²) in [5.41, 5.74) is 7.65. The van der Waals surface area contributed by atoms with Crippen molar-refractivity contribution in [3.8, 4) is 0 Å². The SMILES string of the molecule is Nc1ccc2c(c1)N(S(=O)(=O)c1cncc(F)c1)CC2. The predicted octanol–water partition coefficient (Wildman–Crippen LogP) is 1.55. The van der Waals surface area contributed by atoms with Gasteiger partial charge in [0.05, 0.1) is 11.9 Å². The summed E-state index contributed by atoms with van der Waals surface area (Å²) < 4.78 is 39.5. The number of pyridine rings is 1. The topological polar surface area (TPSA) is 76.3 Å². The first-order valence-corrected chi connectivity index (χ1v) is 7.44. The van der Waals surface area contributed by atoms with Crippen LogP contribution in [0.1, 0.15) is 5.56 Å². The number of nitrogens with zero attached hydrogens (tertiary/aromatic N) is 2. The lowest BCUT2D eigenvalue weighted by Crippen LogP contribution is -2.29. The van der Waals surface area contributed by atoms with Crippen molar-refractivity contribution in [2.75, 3.05) is 16.6 Å². The summed E-state index contributed by atoms with van der Waals surface area (Å²) in [4.78, 5) is 3.43. The fraction of sp³-hybridized carbons (Fsp3) is 0.154. The van der Waals surface area contributed by atoms with Crippen LogP contribution in [0.25, 0.3) is 0 Å².